The highest BCUT2D eigenvalue weighted by Gasteiger charge is 2.44. The van der Waals surface area contributed by atoms with Crippen molar-refractivity contribution in [3.05, 3.63) is 59.9 Å². The predicted octanol–water partition coefficient (Wildman–Crippen LogP) is 3.25. The van der Waals surface area contributed by atoms with Crippen LogP contribution in [0.2, 0.25) is 0 Å². The summed E-state index contributed by atoms with van der Waals surface area (Å²) in [6, 6.07) is 14.2. The number of aryl methyl sites for hydroxylation is 2. The van der Waals surface area contributed by atoms with Crippen LogP contribution in [-0.2, 0) is 20.8 Å². The number of carbonyl (C=O) groups excluding carboxylic acids is 3. The summed E-state index contributed by atoms with van der Waals surface area (Å²) in [6.45, 7) is 2.44. The van der Waals surface area contributed by atoms with Gasteiger partial charge in [0.2, 0.25) is 11.8 Å². The molecule has 1 aliphatic heterocycles. The summed E-state index contributed by atoms with van der Waals surface area (Å²) in [7, 11) is 0. The van der Waals surface area contributed by atoms with Gasteiger partial charge in [0.1, 0.15) is 5.75 Å². The van der Waals surface area contributed by atoms with E-state index in [-0.39, 0.29) is 6.54 Å². The van der Waals surface area contributed by atoms with Crippen LogP contribution in [0.1, 0.15) is 43.5 Å². The van der Waals surface area contributed by atoms with E-state index in [1.807, 2.05) is 19.1 Å². The molecule has 2 N–H and O–H groups in total. The summed E-state index contributed by atoms with van der Waals surface area (Å²) in [6.07, 6.45) is 6.12. The summed E-state index contributed by atoms with van der Waals surface area (Å²) >= 11 is 0. The molecule has 1 aliphatic rings. The van der Waals surface area contributed by atoms with Gasteiger partial charge in [-0.05, 0) is 56.2 Å². The molecule has 10 heteroatoms. The third-order valence-corrected chi connectivity index (χ3v) is 6.08. The molecule has 3 aromatic rings. The molecule has 188 valence electrons. The van der Waals surface area contributed by atoms with Gasteiger partial charge in [0.15, 0.2) is 17.5 Å². The first-order valence-electron chi connectivity index (χ1n) is 12.2. The quantitative estimate of drug-likeness (QED) is 0.294. The van der Waals surface area contributed by atoms with E-state index in [1.54, 1.807) is 36.4 Å². The molecule has 2 amide bonds. The van der Waals surface area contributed by atoms with Crippen LogP contribution in [0.15, 0.2) is 48.5 Å². The number of ether oxygens (including phenoxy) is 1. The van der Waals surface area contributed by atoms with Crippen LogP contribution in [0.3, 0.4) is 0 Å². The van der Waals surface area contributed by atoms with Gasteiger partial charge in [-0.1, -0.05) is 42.2 Å². The number of aromatic amines is 1. The first kappa shape index (κ1) is 25.0. The molecule has 0 saturated carbocycles. The Kier molecular flexibility index (Phi) is 8.38. The number of carbonyl (C=O) groups is 3. The number of nitrogens with one attached hydrogen (secondary N) is 2. The molecule has 1 unspecified atom stereocenters. The van der Waals surface area contributed by atoms with Crippen molar-refractivity contribution >= 4 is 29.0 Å². The van der Waals surface area contributed by atoms with Crippen molar-refractivity contribution in [2.75, 3.05) is 23.4 Å². The Bertz CT molecular complexity index is 1160. The highest BCUT2D eigenvalue weighted by atomic mass is 16.5. The summed E-state index contributed by atoms with van der Waals surface area (Å²) in [5.74, 6) is -1.42. The van der Waals surface area contributed by atoms with Crippen molar-refractivity contribution in [2.24, 2.45) is 5.92 Å². The van der Waals surface area contributed by atoms with E-state index < -0.39 is 23.5 Å². The fraction of sp³-hybridized carbons (Fsp3) is 0.385. The van der Waals surface area contributed by atoms with Gasteiger partial charge in [-0.2, -0.15) is 5.21 Å². The first-order valence-corrected chi connectivity index (χ1v) is 12.2. The highest BCUT2D eigenvalue weighted by molar-refractivity contribution is 6.30. The SMILES string of the molecule is Cc1ccc(N2CC(=O)C(C(=O)Nc3ccc(OCCCCCCCc4nn[nH]n4)cc3)C2=O)cc1. The van der Waals surface area contributed by atoms with Gasteiger partial charge in [0.25, 0.3) is 0 Å². The molecular formula is C26H30N6O4. The number of tetrazole rings is 1. The number of H-pyrrole nitrogens is 1. The molecule has 0 aliphatic carbocycles. The van der Waals surface area contributed by atoms with Crippen molar-refractivity contribution in [1.29, 1.82) is 0 Å². The van der Waals surface area contributed by atoms with E-state index in [0.717, 1.165) is 49.9 Å². The predicted molar refractivity (Wildman–Crippen MR) is 134 cm³/mol. The lowest BCUT2D eigenvalue weighted by Crippen LogP contribution is -2.34. The Balaban J connectivity index is 1.17. The number of anilines is 2. The standard InChI is InChI=1S/C26H30N6O4/c1-18-8-12-20(13-9-18)32-17-22(33)24(26(32)35)25(34)27-19-10-14-21(15-11-19)36-16-6-4-2-3-5-7-23-28-30-31-29-23/h8-15,24H,2-7,16-17H2,1H3,(H,27,34)(H,28,29,30,31). The normalized spacial score (nSPS) is 15.4. The Morgan fingerprint density at radius 3 is 2.47 bits per heavy atom. The number of nitrogens with zero attached hydrogens (tertiary/aromatic N) is 4. The second kappa shape index (κ2) is 12.1. The molecule has 1 atom stereocenters. The fourth-order valence-electron chi connectivity index (χ4n) is 4.06. The zero-order chi connectivity index (χ0) is 25.3. The number of benzene rings is 2. The lowest BCUT2D eigenvalue weighted by molar-refractivity contribution is -0.134. The Labute approximate surface area is 209 Å². The minimum atomic E-state index is -1.34. The monoisotopic (exact) mass is 490 g/mol. The lowest BCUT2D eigenvalue weighted by atomic mass is 10.1. The van der Waals surface area contributed by atoms with E-state index in [9.17, 15) is 14.4 Å². The van der Waals surface area contributed by atoms with Gasteiger partial charge in [-0.3, -0.25) is 14.4 Å². The van der Waals surface area contributed by atoms with Crippen LogP contribution in [0.25, 0.3) is 0 Å². The van der Waals surface area contributed by atoms with Gasteiger partial charge in [0.05, 0.1) is 13.2 Å². The Morgan fingerprint density at radius 2 is 1.75 bits per heavy atom. The van der Waals surface area contributed by atoms with Crippen molar-refractivity contribution in [3.8, 4) is 5.75 Å². The van der Waals surface area contributed by atoms with Gasteiger partial charge in [-0.15, -0.1) is 10.2 Å². The Morgan fingerprint density at radius 1 is 1.03 bits per heavy atom. The van der Waals surface area contributed by atoms with E-state index in [0.29, 0.717) is 23.7 Å². The van der Waals surface area contributed by atoms with Crippen LogP contribution >= 0.6 is 0 Å². The number of aromatic nitrogens is 4. The summed E-state index contributed by atoms with van der Waals surface area (Å²) < 4.78 is 5.78. The molecular weight excluding hydrogens is 460 g/mol. The minimum Gasteiger partial charge on any atom is -0.494 e. The molecule has 0 bridgehead atoms. The van der Waals surface area contributed by atoms with Gasteiger partial charge in [-0.25, -0.2) is 0 Å². The van der Waals surface area contributed by atoms with E-state index in [2.05, 4.69) is 25.9 Å². The zero-order valence-electron chi connectivity index (χ0n) is 20.3. The van der Waals surface area contributed by atoms with E-state index in [1.165, 1.54) is 4.90 Å². The summed E-state index contributed by atoms with van der Waals surface area (Å²) in [5, 5.41) is 16.6. The minimum absolute atomic E-state index is 0.106. The molecule has 0 radical (unpaired) electrons. The fourth-order valence-corrected chi connectivity index (χ4v) is 4.06. The van der Waals surface area contributed by atoms with Crippen molar-refractivity contribution in [3.63, 3.8) is 0 Å². The molecule has 2 aromatic carbocycles. The third kappa shape index (κ3) is 6.53. The topological polar surface area (TPSA) is 130 Å². The maximum Gasteiger partial charge on any atom is 0.247 e. The van der Waals surface area contributed by atoms with Gasteiger partial charge >= 0.3 is 0 Å². The summed E-state index contributed by atoms with van der Waals surface area (Å²) in [5.41, 5.74) is 2.16. The van der Waals surface area contributed by atoms with Crippen LogP contribution in [0, 0.1) is 12.8 Å². The van der Waals surface area contributed by atoms with Crippen LogP contribution in [-0.4, -0.2) is 51.4 Å². The van der Waals surface area contributed by atoms with Crippen molar-refractivity contribution in [2.45, 2.75) is 45.4 Å². The number of rotatable bonds is 12. The number of Topliss-reactive ketones (excluding diaryl/α,β-unsaturated/α-hetero) is 1. The number of hydrogen-bond acceptors (Lipinski definition) is 7. The molecule has 36 heavy (non-hydrogen) atoms. The number of hydrogen-bond donors (Lipinski definition) is 2. The summed E-state index contributed by atoms with van der Waals surface area (Å²) in [4.78, 5) is 39.3. The van der Waals surface area contributed by atoms with Crippen LogP contribution < -0.4 is 15.0 Å². The molecule has 1 fully saturated rings. The lowest BCUT2D eigenvalue weighted by Gasteiger charge is -2.16. The van der Waals surface area contributed by atoms with Gasteiger partial charge < -0.3 is 15.0 Å². The van der Waals surface area contributed by atoms with Crippen LogP contribution in [0.5, 0.6) is 5.75 Å². The highest BCUT2D eigenvalue weighted by Crippen LogP contribution is 2.25. The molecule has 1 aromatic heterocycles. The number of unbranched alkanes of at least 4 members (excludes halogenated alkanes) is 4. The third-order valence-electron chi connectivity index (χ3n) is 6.08. The maximum atomic E-state index is 12.8. The number of ketones is 1. The number of amides is 2. The van der Waals surface area contributed by atoms with Crippen molar-refractivity contribution < 1.29 is 19.1 Å². The van der Waals surface area contributed by atoms with E-state index in [4.69, 9.17) is 4.74 Å². The second-order valence-corrected chi connectivity index (χ2v) is 8.87. The smallest absolute Gasteiger partial charge is 0.247 e. The molecule has 4 rings (SSSR count). The molecule has 1 saturated heterocycles. The van der Waals surface area contributed by atoms with Gasteiger partial charge in [0, 0.05) is 17.8 Å². The molecule has 10 nitrogen and oxygen atoms in total. The molecule has 0 spiro atoms. The largest absolute Gasteiger partial charge is 0.494 e. The zero-order valence-corrected chi connectivity index (χ0v) is 20.3. The van der Waals surface area contributed by atoms with E-state index >= 15 is 0 Å². The Hall–Kier alpha value is -4.08. The first-order chi connectivity index (χ1) is 17.5. The van der Waals surface area contributed by atoms with Crippen LogP contribution in [0.4, 0.5) is 11.4 Å². The maximum absolute atomic E-state index is 12.8. The van der Waals surface area contributed by atoms with Crippen molar-refractivity contribution in [1.82, 2.24) is 20.6 Å². The molecule has 2 heterocycles. The average Bonchev–Trinajstić information content (AvgIpc) is 3.49. The second-order valence-electron chi connectivity index (χ2n) is 8.87. The average molecular weight is 491 g/mol.